The lowest BCUT2D eigenvalue weighted by Gasteiger charge is -2.39. The van der Waals surface area contributed by atoms with Crippen LogP contribution in [0.25, 0.3) is 0 Å². The Labute approximate surface area is 151 Å². The van der Waals surface area contributed by atoms with Crippen molar-refractivity contribution >= 4 is 17.7 Å². The van der Waals surface area contributed by atoms with Gasteiger partial charge in [0.05, 0.1) is 7.11 Å². The van der Waals surface area contributed by atoms with E-state index in [1.165, 1.54) is 14.0 Å². The minimum absolute atomic E-state index is 0.469. The highest BCUT2D eigenvalue weighted by Gasteiger charge is 2.59. The second kappa shape index (κ2) is 7.22. The number of ether oxygens (including phenoxy) is 5. The number of carbonyl (C=O) groups excluding carboxylic acids is 3. The van der Waals surface area contributed by atoms with Crippen molar-refractivity contribution in [3.63, 3.8) is 0 Å². The molecule has 2 fully saturated rings. The number of Topliss-reactive ketones (excluding diaryl/α,β-unsaturated/α-hetero) is 1. The zero-order valence-electron chi connectivity index (χ0n) is 15.8. The Morgan fingerprint density at radius 2 is 1.81 bits per heavy atom. The number of methoxy groups -OCH3 is 1. The Bertz CT molecular complexity index is 581. The highest BCUT2D eigenvalue weighted by atomic mass is 16.9. The number of rotatable bonds is 5. The molecule has 1 N–H and O–H groups in total. The molecule has 0 amide bonds. The van der Waals surface area contributed by atoms with Gasteiger partial charge in [-0.05, 0) is 20.8 Å². The molecule has 0 aromatic rings. The van der Waals surface area contributed by atoms with E-state index in [-0.39, 0.29) is 0 Å². The lowest BCUT2D eigenvalue weighted by atomic mass is 9.88. The Morgan fingerprint density at radius 3 is 2.35 bits per heavy atom. The van der Waals surface area contributed by atoms with Crippen molar-refractivity contribution in [2.24, 2.45) is 5.92 Å². The van der Waals surface area contributed by atoms with E-state index in [0.29, 0.717) is 0 Å². The molecule has 2 bridgehead atoms. The van der Waals surface area contributed by atoms with Crippen molar-refractivity contribution in [3.8, 4) is 0 Å². The van der Waals surface area contributed by atoms with Crippen molar-refractivity contribution in [2.75, 3.05) is 7.11 Å². The van der Waals surface area contributed by atoms with Crippen molar-refractivity contribution in [1.29, 1.82) is 0 Å². The Hall–Kier alpha value is -1.55. The molecule has 9 nitrogen and oxygen atoms in total. The number of hydrogen-bond acceptors (Lipinski definition) is 9. The summed E-state index contributed by atoms with van der Waals surface area (Å²) < 4.78 is 26.5. The third-order valence-corrected chi connectivity index (χ3v) is 4.20. The summed E-state index contributed by atoms with van der Waals surface area (Å²) in [6.07, 6.45) is -4.89. The van der Waals surface area contributed by atoms with Crippen LogP contribution in [-0.4, -0.2) is 65.9 Å². The number of fused-ring (bicyclic) bond motifs is 2. The lowest BCUT2D eigenvalue weighted by Crippen LogP contribution is -2.54. The van der Waals surface area contributed by atoms with E-state index in [1.54, 1.807) is 27.7 Å². The van der Waals surface area contributed by atoms with Gasteiger partial charge in [-0.3, -0.25) is 9.59 Å². The third kappa shape index (κ3) is 4.40. The molecular weight excluding hydrogens is 348 g/mol. The average molecular weight is 374 g/mol. The first-order chi connectivity index (χ1) is 11.9. The van der Waals surface area contributed by atoms with Gasteiger partial charge in [0.2, 0.25) is 0 Å². The van der Waals surface area contributed by atoms with Gasteiger partial charge in [0.15, 0.2) is 11.9 Å². The molecule has 0 radical (unpaired) electrons. The fourth-order valence-electron chi connectivity index (χ4n) is 3.03. The number of ketones is 1. The van der Waals surface area contributed by atoms with Gasteiger partial charge in [-0.25, -0.2) is 4.79 Å². The van der Waals surface area contributed by atoms with Crippen LogP contribution >= 0.6 is 0 Å². The maximum absolute atomic E-state index is 12.3. The Balaban J connectivity index is 2.14. The summed E-state index contributed by atoms with van der Waals surface area (Å²) in [5.41, 5.74) is -0.773. The summed E-state index contributed by atoms with van der Waals surface area (Å²) in [4.78, 5) is 35.9. The first-order valence-electron chi connectivity index (χ1n) is 8.41. The van der Waals surface area contributed by atoms with E-state index in [4.69, 9.17) is 18.9 Å². The van der Waals surface area contributed by atoms with E-state index >= 15 is 0 Å². The minimum Gasteiger partial charge on any atom is -0.469 e. The topological polar surface area (TPSA) is 118 Å². The molecule has 2 saturated heterocycles. The number of carbonyl (C=O) groups is 3. The summed E-state index contributed by atoms with van der Waals surface area (Å²) in [6.45, 7) is 8.15. The summed E-state index contributed by atoms with van der Waals surface area (Å²) >= 11 is 0. The fraction of sp³-hybridized carbons (Fsp3) is 0.824. The van der Waals surface area contributed by atoms with Crippen LogP contribution in [0.15, 0.2) is 0 Å². The van der Waals surface area contributed by atoms with Gasteiger partial charge in [0, 0.05) is 12.8 Å². The van der Waals surface area contributed by atoms with E-state index in [1.807, 2.05) is 0 Å². The van der Waals surface area contributed by atoms with Crippen molar-refractivity contribution in [1.82, 2.24) is 0 Å². The van der Waals surface area contributed by atoms with Crippen LogP contribution in [0.4, 0.5) is 0 Å². The van der Waals surface area contributed by atoms with Crippen molar-refractivity contribution in [3.05, 3.63) is 0 Å². The second-order valence-electron chi connectivity index (χ2n) is 7.62. The third-order valence-electron chi connectivity index (χ3n) is 4.20. The maximum atomic E-state index is 12.3. The standard InChI is InChI=1S/C17H26O9/c1-8-12(11(20)15(21)26-16(2,3)4)23-17(5)24-13(8)14(25-17)9(18)7-10(19)22-6/h8,11-14,20H,7H2,1-6H3/t8-,11-,12+,13+,14+,17+/m0/s1. The van der Waals surface area contributed by atoms with E-state index < -0.39 is 66.1 Å². The van der Waals surface area contributed by atoms with Gasteiger partial charge in [-0.15, -0.1) is 0 Å². The SMILES string of the molecule is COC(=O)CC(=O)[C@H]1O[C@]2(C)O[C@@H]([C@H](O)C(=O)OC(C)(C)C)[C@H](C)[C@H]1O2. The fourth-order valence-corrected chi connectivity index (χ4v) is 3.03. The molecule has 9 heteroatoms. The van der Waals surface area contributed by atoms with Gasteiger partial charge in [-0.1, -0.05) is 6.92 Å². The van der Waals surface area contributed by atoms with E-state index in [9.17, 15) is 19.5 Å². The summed E-state index contributed by atoms with van der Waals surface area (Å²) in [5.74, 6) is -4.23. The van der Waals surface area contributed by atoms with Crippen LogP contribution in [-0.2, 0) is 38.1 Å². The predicted octanol–water partition coefficient (Wildman–Crippen LogP) is 0.314. The molecule has 26 heavy (non-hydrogen) atoms. The van der Waals surface area contributed by atoms with Crippen LogP contribution in [0.5, 0.6) is 0 Å². The first-order valence-corrected chi connectivity index (χ1v) is 8.41. The summed E-state index contributed by atoms with van der Waals surface area (Å²) in [6, 6.07) is 0. The largest absolute Gasteiger partial charge is 0.469 e. The highest BCUT2D eigenvalue weighted by molar-refractivity contribution is 5.98. The van der Waals surface area contributed by atoms with Crippen LogP contribution in [0.2, 0.25) is 0 Å². The zero-order valence-corrected chi connectivity index (χ0v) is 15.8. The summed E-state index contributed by atoms with van der Waals surface area (Å²) in [7, 11) is 1.18. The maximum Gasteiger partial charge on any atom is 0.338 e. The van der Waals surface area contributed by atoms with Gasteiger partial charge < -0.3 is 28.8 Å². The molecule has 6 atom stereocenters. The predicted molar refractivity (Wildman–Crippen MR) is 85.7 cm³/mol. The van der Waals surface area contributed by atoms with Gasteiger partial charge in [0.25, 0.3) is 5.97 Å². The van der Waals surface area contributed by atoms with Gasteiger partial charge in [0.1, 0.15) is 30.3 Å². The van der Waals surface area contributed by atoms with Crippen LogP contribution in [0.1, 0.15) is 41.0 Å². The molecule has 0 aromatic carbocycles. The molecule has 0 aliphatic carbocycles. The zero-order chi connectivity index (χ0) is 19.9. The molecule has 0 spiro atoms. The van der Waals surface area contributed by atoms with Crippen LogP contribution in [0, 0.1) is 5.92 Å². The monoisotopic (exact) mass is 374 g/mol. The van der Waals surface area contributed by atoms with E-state index in [2.05, 4.69) is 4.74 Å². The quantitative estimate of drug-likeness (QED) is 0.536. The van der Waals surface area contributed by atoms with Gasteiger partial charge in [-0.2, -0.15) is 0 Å². The molecule has 0 aromatic heterocycles. The van der Waals surface area contributed by atoms with Crippen molar-refractivity contribution < 1.29 is 43.2 Å². The van der Waals surface area contributed by atoms with Crippen LogP contribution in [0.3, 0.4) is 0 Å². The van der Waals surface area contributed by atoms with Crippen molar-refractivity contribution in [2.45, 2.75) is 77.0 Å². The smallest absolute Gasteiger partial charge is 0.338 e. The number of esters is 2. The first kappa shape index (κ1) is 20.8. The summed E-state index contributed by atoms with van der Waals surface area (Å²) in [5, 5.41) is 10.4. The molecule has 0 unspecified atom stereocenters. The number of aliphatic hydroxyl groups excluding tert-OH is 1. The molecule has 148 valence electrons. The normalized spacial score (nSPS) is 34.9. The molecule has 0 saturated carbocycles. The van der Waals surface area contributed by atoms with Gasteiger partial charge >= 0.3 is 11.9 Å². The average Bonchev–Trinajstić information content (AvgIpc) is 2.82. The minimum atomic E-state index is -1.61. The molecular formula is C17H26O9. The molecule has 2 rings (SSSR count). The number of aliphatic hydroxyl groups is 1. The molecule has 2 aliphatic rings. The van der Waals surface area contributed by atoms with E-state index in [0.717, 1.165) is 0 Å². The second-order valence-corrected chi connectivity index (χ2v) is 7.62. The Morgan fingerprint density at radius 1 is 1.19 bits per heavy atom. The highest BCUT2D eigenvalue weighted by Crippen LogP contribution is 2.43. The number of hydrogen-bond donors (Lipinski definition) is 1. The lowest BCUT2D eigenvalue weighted by molar-refractivity contribution is -0.382. The Kier molecular flexibility index (Phi) is 5.77. The van der Waals surface area contributed by atoms with Crippen LogP contribution < -0.4 is 0 Å². The molecule has 2 heterocycles. The molecule has 2 aliphatic heterocycles.